The predicted octanol–water partition coefficient (Wildman–Crippen LogP) is 2.53. The largest absolute Gasteiger partial charge is 0.512 e. The number of aromatic amines is 1. The molecule has 5 heteroatoms. The van der Waals surface area contributed by atoms with Crippen LogP contribution in [0.25, 0.3) is 10.9 Å². The van der Waals surface area contributed by atoms with Gasteiger partial charge in [0, 0.05) is 29.1 Å². The zero-order chi connectivity index (χ0) is 14.3. The molecule has 0 radical (unpaired) electrons. The number of hydrogen-bond donors (Lipinski definition) is 2. The first-order valence-corrected chi connectivity index (χ1v) is 6.47. The first-order valence-electron chi connectivity index (χ1n) is 6.47. The smallest absolute Gasteiger partial charge is 0.255 e. The summed E-state index contributed by atoms with van der Waals surface area (Å²) in [5, 5.41) is 10.3. The van der Waals surface area contributed by atoms with E-state index in [4.69, 9.17) is 4.74 Å². The van der Waals surface area contributed by atoms with E-state index >= 15 is 0 Å². The molecule has 0 fully saturated rings. The quantitative estimate of drug-likeness (QED) is 0.652. The number of aromatic nitrogens is 1. The second kappa shape index (κ2) is 4.59. The third-order valence-corrected chi connectivity index (χ3v) is 3.54. The molecule has 2 heterocycles. The van der Waals surface area contributed by atoms with Crippen molar-refractivity contribution in [2.75, 3.05) is 18.6 Å². The summed E-state index contributed by atoms with van der Waals surface area (Å²) in [5.74, 6) is 1.43. The van der Waals surface area contributed by atoms with Crippen molar-refractivity contribution in [3.05, 3.63) is 35.6 Å². The van der Waals surface area contributed by atoms with Gasteiger partial charge in [0.1, 0.15) is 11.6 Å². The molecule has 1 aliphatic rings. The molecule has 0 saturated carbocycles. The standard InChI is InChI=1S/C15H16N2O3/c1-9(18)7-14(19)17-6-5-11-12-8-10(20-2)3-4-13(12)16-15(11)17/h3-4,7-8,16,18H,5-6H2,1-2H3/b9-7-. The van der Waals surface area contributed by atoms with E-state index in [1.165, 1.54) is 13.0 Å². The highest BCUT2D eigenvalue weighted by Crippen LogP contribution is 2.36. The summed E-state index contributed by atoms with van der Waals surface area (Å²) in [6.45, 7) is 2.11. The topological polar surface area (TPSA) is 65.6 Å². The van der Waals surface area contributed by atoms with E-state index in [2.05, 4.69) is 4.98 Å². The molecule has 0 saturated heterocycles. The molecule has 2 N–H and O–H groups in total. The maximum absolute atomic E-state index is 12.1. The number of carbonyl (C=O) groups is 1. The number of anilines is 1. The molecule has 5 nitrogen and oxygen atoms in total. The summed E-state index contributed by atoms with van der Waals surface area (Å²) in [5.41, 5.74) is 2.11. The van der Waals surface area contributed by atoms with Crippen LogP contribution in [0.3, 0.4) is 0 Å². The lowest BCUT2D eigenvalue weighted by molar-refractivity contribution is -0.114. The fourth-order valence-electron chi connectivity index (χ4n) is 2.64. The number of amides is 1. The van der Waals surface area contributed by atoms with E-state index in [0.717, 1.165) is 34.5 Å². The van der Waals surface area contributed by atoms with Gasteiger partial charge in [0.25, 0.3) is 5.91 Å². The van der Waals surface area contributed by atoms with Crippen LogP contribution in [0.5, 0.6) is 5.75 Å². The third-order valence-electron chi connectivity index (χ3n) is 3.54. The highest BCUT2D eigenvalue weighted by atomic mass is 16.5. The Morgan fingerprint density at radius 2 is 2.30 bits per heavy atom. The summed E-state index contributed by atoms with van der Waals surface area (Å²) in [6, 6.07) is 5.81. The molecule has 0 spiro atoms. The van der Waals surface area contributed by atoms with Gasteiger partial charge in [-0.1, -0.05) is 0 Å². The van der Waals surface area contributed by atoms with Gasteiger partial charge in [-0.15, -0.1) is 0 Å². The minimum Gasteiger partial charge on any atom is -0.512 e. The van der Waals surface area contributed by atoms with E-state index in [1.807, 2.05) is 18.2 Å². The van der Waals surface area contributed by atoms with Gasteiger partial charge < -0.3 is 14.8 Å². The first kappa shape index (κ1) is 12.6. The van der Waals surface area contributed by atoms with Crippen LogP contribution in [0.15, 0.2) is 30.0 Å². The van der Waals surface area contributed by atoms with Gasteiger partial charge in [-0.3, -0.25) is 9.69 Å². The normalized spacial score (nSPS) is 14.7. The zero-order valence-electron chi connectivity index (χ0n) is 11.4. The summed E-state index contributed by atoms with van der Waals surface area (Å²) >= 11 is 0. The molecule has 2 aromatic rings. The minimum atomic E-state index is -0.206. The van der Waals surface area contributed by atoms with Crippen molar-refractivity contribution >= 4 is 22.6 Å². The monoisotopic (exact) mass is 272 g/mol. The number of aliphatic hydroxyl groups excluding tert-OH is 1. The van der Waals surface area contributed by atoms with Crippen LogP contribution in [0.4, 0.5) is 5.82 Å². The van der Waals surface area contributed by atoms with E-state index in [-0.39, 0.29) is 11.7 Å². The van der Waals surface area contributed by atoms with Crippen molar-refractivity contribution < 1.29 is 14.6 Å². The number of rotatable bonds is 2. The molecule has 1 amide bonds. The molecule has 1 aromatic heterocycles. The van der Waals surface area contributed by atoms with Gasteiger partial charge in [-0.25, -0.2) is 0 Å². The molecule has 104 valence electrons. The van der Waals surface area contributed by atoms with Gasteiger partial charge >= 0.3 is 0 Å². The number of methoxy groups -OCH3 is 1. The number of nitrogens with one attached hydrogen (secondary N) is 1. The van der Waals surface area contributed by atoms with E-state index in [1.54, 1.807) is 12.0 Å². The van der Waals surface area contributed by atoms with Crippen LogP contribution in [-0.4, -0.2) is 29.7 Å². The number of carbonyl (C=O) groups excluding carboxylic acids is 1. The minimum absolute atomic E-state index is 0.0150. The molecule has 3 rings (SSSR count). The number of ether oxygens (including phenoxy) is 1. The number of hydrogen-bond acceptors (Lipinski definition) is 3. The number of fused-ring (bicyclic) bond motifs is 3. The maximum atomic E-state index is 12.1. The van der Waals surface area contributed by atoms with Crippen molar-refractivity contribution in [1.82, 2.24) is 4.98 Å². The van der Waals surface area contributed by atoms with Gasteiger partial charge in [-0.2, -0.15) is 0 Å². The Morgan fingerprint density at radius 3 is 3.00 bits per heavy atom. The average Bonchev–Trinajstić information content (AvgIpc) is 2.95. The Balaban J connectivity index is 2.06. The van der Waals surface area contributed by atoms with Crippen molar-refractivity contribution in [3.63, 3.8) is 0 Å². The molecule has 1 aliphatic heterocycles. The number of benzene rings is 1. The maximum Gasteiger partial charge on any atom is 0.255 e. The fourth-order valence-corrected chi connectivity index (χ4v) is 2.64. The van der Waals surface area contributed by atoms with E-state index in [0.29, 0.717) is 6.54 Å². The summed E-state index contributed by atoms with van der Waals surface area (Å²) in [7, 11) is 1.64. The Morgan fingerprint density at radius 1 is 1.50 bits per heavy atom. The van der Waals surface area contributed by atoms with Gasteiger partial charge in [0.15, 0.2) is 0 Å². The highest BCUT2D eigenvalue weighted by molar-refractivity contribution is 6.05. The lowest BCUT2D eigenvalue weighted by Gasteiger charge is -2.13. The van der Waals surface area contributed by atoms with Crippen LogP contribution < -0.4 is 9.64 Å². The second-order valence-corrected chi connectivity index (χ2v) is 4.89. The third kappa shape index (κ3) is 1.91. The average molecular weight is 272 g/mol. The molecular weight excluding hydrogens is 256 g/mol. The Kier molecular flexibility index (Phi) is 2.89. The van der Waals surface area contributed by atoms with Crippen LogP contribution in [0.1, 0.15) is 12.5 Å². The summed E-state index contributed by atoms with van der Waals surface area (Å²) in [4.78, 5) is 17.0. The van der Waals surface area contributed by atoms with Gasteiger partial charge in [-0.05, 0) is 31.5 Å². The fraction of sp³-hybridized carbons (Fsp3) is 0.267. The molecule has 0 atom stereocenters. The predicted molar refractivity (Wildman–Crippen MR) is 77.3 cm³/mol. The van der Waals surface area contributed by atoms with E-state index in [9.17, 15) is 9.90 Å². The van der Waals surface area contributed by atoms with Crippen molar-refractivity contribution in [1.29, 1.82) is 0 Å². The molecule has 20 heavy (non-hydrogen) atoms. The first-order chi connectivity index (χ1) is 9.60. The zero-order valence-corrected chi connectivity index (χ0v) is 11.4. The second-order valence-electron chi connectivity index (χ2n) is 4.89. The van der Waals surface area contributed by atoms with Crippen molar-refractivity contribution in [2.24, 2.45) is 0 Å². The van der Waals surface area contributed by atoms with Crippen LogP contribution >= 0.6 is 0 Å². The lowest BCUT2D eigenvalue weighted by atomic mass is 10.1. The molecule has 0 unspecified atom stereocenters. The Hall–Kier alpha value is -2.43. The van der Waals surface area contributed by atoms with Crippen molar-refractivity contribution in [2.45, 2.75) is 13.3 Å². The Labute approximate surface area is 116 Å². The van der Waals surface area contributed by atoms with Crippen LogP contribution in [-0.2, 0) is 11.2 Å². The van der Waals surface area contributed by atoms with E-state index < -0.39 is 0 Å². The number of H-pyrrole nitrogens is 1. The summed E-state index contributed by atoms with van der Waals surface area (Å²) in [6.07, 6.45) is 2.04. The van der Waals surface area contributed by atoms with Crippen LogP contribution in [0, 0.1) is 0 Å². The molecule has 0 bridgehead atoms. The molecule has 0 aliphatic carbocycles. The lowest BCUT2D eigenvalue weighted by Crippen LogP contribution is -2.27. The highest BCUT2D eigenvalue weighted by Gasteiger charge is 2.27. The van der Waals surface area contributed by atoms with Gasteiger partial charge in [0.2, 0.25) is 0 Å². The number of allylic oxidation sites excluding steroid dienone is 1. The molecular formula is C15H16N2O3. The molecule has 1 aromatic carbocycles. The SMILES string of the molecule is COc1ccc2[nH]c3c(c2c1)CCN3C(=O)/C=C(/C)O. The summed E-state index contributed by atoms with van der Waals surface area (Å²) < 4.78 is 5.24. The number of nitrogens with zero attached hydrogens (tertiary/aromatic N) is 1. The number of aliphatic hydroxyl groups is 1. The van der Waals surface area contributed by atoms with Crippen molar-refractivity contribution in [3.8, 4) is 5.75 Å². The Bertz CT molecular complexity index is 711. The van der Waals surface area contributed by atoms with Crippen LogP contribution in [0.2, 0.25) is 0 Å². The van der Waals surface area contributed by atoms with Gasteiger partial charge in [0.05, 0.1) is 12.9 Å².